The highest BCUT2D eigenvalue weighted by atomic mass is 35.5. The van der Waals surface area contributed by atoms with Gasteiger partial charge in [-0.25, -0.2) is 4.39 Å². The molecule has 0 saturated carbocycles. The van der Waals surface area contributed by atoms with E-state index in [1.807, 2.05) is 7.05 Å². The minimum Gasteiger partial charge on any atom is -0.408 e. The Morgan fingerprint density at radius 3 is 2.67 bits per heavy atom. The van der Waals surface area contributed by atoms with Crippen molar-refractivity contribution >= 4 is 17.6 Å². The number of aromatic nitrogens is 2. The van der Waals surface area contributed by atoms with Gasteiger partial charge in [0.25, 0.3) is 0 Å². The molecule has 6 heteroatoms. The highest BCUT2D eigenvalue weighted by molar-refractivity contribution is 6.17. The molecule has 2 rings (SSSR count). The first-order valence-corrected chi connectivity index (χ1v) is 6.06. The van der Waals surface area contributed by atoms with Gasteiger partial charge in [0.1, 0.15) is 5.82 Å². The number of halogens is 2. The standard InChI is InChI=1S/C12H13ClFN3O/c1-17(8-9-2-4-10(14)5-3-9)12-16-15-11(18-12)6-7-13/h2-5H,6-8H2,1H3. The van der Waals surface area contributed by atoms with Crippen LogP contribution in [0.2, 0.25) is 0 Å². The quantitative estimate of drug-likeness (QED) is 0.783. The number of benzene rings is 1. The van der Waals surface area contributed by atoms with E-state index >= 15 is 0 Å². The topological polar surface area (TPSA) is 42.2 Å². The fraction of sp³-hybridized carbons (Fsp3) is 0.333. The van der Waals surface area contributed by atoms with Crippen molar-refractivity contribution in [2.75, 3.05) is 17.8 Å². The zero-order valence-corrected chi connectivity index (χ0v) is 10.7. The fourth-order valence-corrected chi connectivity index (χ4v) is 1.67. The van der Waals surface area contributed by atoms with Crippen LogP contribution in [0.4, 0.5) is 10.4 Å². The summed E-state index contributed by atoms with van der Waals surface area (Å²) in [5.41, 5.74) is 0.969. The van der Waals surface area contributed by atoms with Crippen LogP contribution in [0.1, 0.15) is 11.5 Å². The van der Waals surface area contributed by atoms with Crippen LogP contribution in [-0.2, 0) is 13.0 Å². The molecule has 0 aliphatic heterocycles. The van der Waals surface area contributed by atoms with Gasteiger partial charge in [-0.15, -0.1) is 16.7 Å². The molecular weight excluding hydrogens is 257 g/mol. The van der Waals surface area contributed by atoms with E-state index in [9.17, 15) is 4.39 Å². The summed E-state index contributed by atoms with van der Waals surface area (Å²) in [7, 11) is 1.83. The maximum atomic E-state index is 12.8. The lowest BCUT2D eigenvalue weighted by Gasteiger charge is -2.13. The highest BCUT2D eigenvalue weighted by Gasteiger charge is 2.10. The van der Waals surface area contributed by atoms with Crippen LogP contribution >= 0.6 is 11.6 Å². The predicted octanol–water partition coefficient (Wildman–Crippen LogP) is 2.63. The van der Waals surface area contributed by atoms with Gasteiger partial charge in [-0.1, -0.05) is 17.2 Å². The van der Waals surface area contributed by atoms with Gasteiger partial charge in [0.15, 0.2) is 0 Å². The number of alkyl halides is 1. The van der Waals surface area contributed by atoms with E-state index in [0.29, 0.717) is 30.8 Å². The number of rotatable bonds is 5. The molecule has 0 saturated heterocycles. The van der Waals surface area contributed by atoms with Gasteiger partial charge in [-0.3, -0.25) is 0 Å². The average Bonchev–Trinajstić information content (AvgIpc) is 2.81. The molecule has 0 spiro atoms. The number of hydrogen-bond acceptors (Lipinski definition) is 4. The molecule has 1 heterocycles. The van der Waals surface area contributed by atoms with Gasteiger partial charge in [-0.2, -0.15) is 0 Å². The first kappa shape index (κ1) is 12.8. The summed E-state index contributed by atoms with van der Waals surface area (Å²) in [6, 6.07) is 6.73. The normalized spacial score (nSPS) is 10.6. The van der Waals surface area contributed by atoms with Gasteiger partial charge in [0.05, 0.1) is 0 Å². The first-order chi connectivity index (χ1) is 8.69. The Balaban J connectivity index is 2.02. The van der Waals surface area contributed by atoms with E-state index in [4.69, 9.17) is 16.0 Å². The largest absolute Gasteiger partial charge is 0.408 e. The Labute approximate surface area is 109 Å². The molecule has 0 N–H and O–H groups in total. The summed E-state index contributed by atoms with van der Waals surface area (Å²) >= 11 is 5.59. The highest BCUT2D eigenvalue weighted by Crippen LogP contribution is 2.14. The lowest BCUT2D eigenvalue weighted by atomic mass is 10.2. The average molecular weight is 270 g/mol. The molecule has 96 valence electrons. The molecule has 4 nitrogen and oxygen atoms in total. The van der Waals surface area contributed by atoms with Crippen LogP contribution in [0.5, 0.6) is 0 Å². The van der Waals surface area contributed by atoms with Crippen LogP contribution in [0.15, 0.2) is 28.7 Å². The minimum absolute atomic E-state index is 0.247. The number of aryl methyl sites for hydroxylation is 1. The molecule has 1 aromatic carbocycles. The zero-order valence-electron chi connectivity index (χ0n) is 9.94. The maximum Gasteiger partial charge on any atom is 0.318 e. The van der Waals surface area contributed by atoms with Gasteiger partial charge in [-0.05, 0) is 17.7 Å². The molecule has 0 radical (unpaired) electrons. The van der Waals surface area contributed by atoms with Gasteiger partial charge < -0.3 is 9.32 Å². The van der Waals surface area contributed by atoms with Crippen molar-refractivity contribution in [1.29, 1.82) is 0 Å². The van der Waals surface area contributed by atoms with Crippen molar-refractivity contribution in [1.82, 2.24) is 10.2 Å². The second kappa shape index (κ2) is 5.82. The molecule has 0 fully saturated rings. The van der Waals surface area contributed by atoms with Gasteiger partial charge in [0.2, 0.25) is 5.89 Å². The lowest BCUT2D eigenvalue weighted by molar-refractivity contribution is 0.495. The number of nitrogens with zero attached hydrogens (tertiary/aromatic N) is 3. The Hall–Kier alpha value is -1.62. The SMILES string of the molecule is CN(Cc1ccc(F)cc1)c1nnc(CCCl)o1. The Bertz CT molecular complexity index is 500. The Morgan fingerprint density at radius 1 is 1.28 bits per heavy atom. The van der Waals surface area contributed by atoms with Gasteiger partial charge >= 0.3 is 6.01 Å². The van der Waals surface area contributed by atoms with Crippen molar-refractivity contribution in [3.8, 4) is 0 Å². The van der Waals surface area contributed by atoms with Crippen molar-refractivity contribution in [2.24, 2.45) is 0 Å². The van der Waals surface area contributed by atoms with Crippen molar-refractivity contribution in [3.63, 3.8) is 0 Å². The molecule has 1 aromatic heterocycles. The molecule has 0 bridgehead atoms. The van der Waals surface area contributed by atoms with Crippen LogP contribution in [0, 0.1) is 5.82 Å². The van der Waals surface area contributed by atoms with Crippen LogP contribution in [-0.4, -0.2) is 23.1 Å². The van der Waals surface area contributed by atoms with E-state index in [2.05, 4.69) is 10.2 Å². The molecule has 0 unspecified atom stereocenters. The van der Waals surface area contributed by atoms with Gasteiger partial charge in [0, 0.05) is 25.9 Å². The third kappa shape index (κ3) is 3.20. The molecule has 18 heavy (non-hydrogen) atoms. The maximum absolute atomic E-state index is 12.8. The second-order valence-corrected chi connectivity index (χ2v) is 4.28. The smallest absolute Gasteiger partial charge is 0.318 e. The monoisotopic (exact) mass is 269 g/mol. The lowest BCUT2D eigenvalue weighted by Crippen LogP contribution is -2.16. The van der Waals surface area contributed by atoms with Crippen LogP contribution in [0.3, 0.4) is 0 Å². The number of hydrogen-bond donors (Lipinski definition) is 0. The molecule has 2 aromatic rings. The Morgan fingerprint density at radius 2 is 2.00 bits per heavy atom. The summed E-state index contributed by atoms with van der Waals surface area (Å²) in [5.74, 6) is 0.720. The van der Waals surface area contributed by atoms with E-state index in [1.54, 1.807) is 17.0 Å². The van der Waals surface area contributed by atoms with Crippen molar-refractivity contribution in [3.05, 3.63) is 41.5 Å². The molecule has 0 amide bonds. The van der Waals surface area contributed by atoms with E-state index < -0.39 is 0 Å². The summed E-state index contributed by atoms with van der Waals surface area (Å²) in [6.07, 6.45) is 0.555. The summed E-state index contributed by atoms with van der Waals surface area (Å²) in [4.78, 5) is 1.80. The first-order valence-electron chi connectivity index (χ1n) is 5.53. The summed E-state index contributed by atoms with van der Waals surface area (Å²) in [6.45, 7) is 0.572. The predicted molar refractivity (Wildman–Crippen MR) is 67.2 cm³/mol. The fourth-order valence-electron chi connectivity index (χ4n) is 1.51. The molecular formula is C12H13ClFN3O. The third-order valence-electron chi connectivity index (χ3n) is 2.42. The Kier molecular flexibility index (Phi) is 4.15. The van der Waals surface area contributed by atoms with Crippen LogP contribution < -0.4 is 4.90 Å². The zero-order chi connectivity index (χ0) is 13.0. The van der Waals surface area contributed by atoms with E-state index in [1.165, 1.54) is 12.1 Å². The minimum atomic E-state index is -0.247. The van der Waals surface area contributed by atoms with Crippen molar-refractivity contribution < 1.29 is 8.81 Å². The van der Waals surface area contributed by atoms with Crippen LogP contribution in [0.25, 0.3) is 0 Å². The number of anilines is 1. The third-order valence-corrected chi connectivity index (χ3v) is 2.61. The molecule has 0 atom stereocenters. The summed E-state index contributed by atoms with van der Waals surface area (Å²) in [5, 5.41) is 7.80. The van der Waals surface area contributed by atoms with E-state index in [0.717, 1.165) is 5.56 Å². The molecule has 0 aliphatic rings. The summed E-state index contributed by atoms with van der Waals surface area (Å²) < 4.78 is 18.2. The van der Waals surface area contributed by atoms with Crippen molar-refractivity contribution in [2.45, 2.75) is 13.0 Å². The van der Waals surface area contributed by atoms with E-state index in [-0.39, 0.29) is 5.82 Å². The second-order valence-electron chi connectivity index (χ2n) is 3.90. The molecule has 0 aliphatic carbocycles.